The number of aryl methyl sites for hydroxylation is 1. The third-order valence-electron chi connectivity index (χ3n) is 2.63. The van der Waals surface area contributed by atoms with Gasteiger partial charge in [-0.05, 0) is 30.9 Å². The first-order valence-corrected chi connectivity index (χ1v) is 7.28. The predicted octanol–water partition coefficient (Wildman–Crippen LogP) is 3.40. The molecule has 19 heavy (non-hydrogen) atoms. The summed E-state index contributed by atoms with van der Waals surface area (Å²) in [6.07, 6.45) is 3.53. The molecule has 1 heterocycles. The van der Waals surface area contributed by atoms with Crippen molar-refractivity contribution in [1.82, 2.24) is 9.97 Å². The van der Waals surface area contributed by atoms with Crippen LogP contribution >= 0.6 is 23.4 Å². The van der Waals surface area contributed by atoms with Gasteiger partial charge in [-0.15, -0.1) is 0 Å². The Hall–Kier alpha value is -1.30. The van der Waals surface area contributed by atoms with E-state index in [1.54, 1.807) is 6.20 Å². The molecule has 2 rings (SSSR count). The van der Waals surface area contributed by atoms with Crippen LogP contribution in [0.1, 0.15) is 11.1 Å². The van der Waals surface area contributed by atoms with E-state index in [0.717, 1.165) is 11.3 Å². The van der Waals surface area contributed by atoms with Crippen LogP contribution in [0.5, 0.6) is 0 Å². The molecular formula is C13H14ClN3OS. The highest BCUT2D eigenvalue weighted by Gasteiger charge is 2.07. The van der Waals surface area contributed by atoms with Gasteiger partial charge in [0.2, 0.25) is 0 Å². The molecular weight excluding hydrogens is 282 g/mol. The summed E-state index contributed by atoms with van der Waals surface area (Å²) in [5, 5.41) is 13.8. The number of aromatic nitrogens is 2. The summed E-state index contributed by atoms with van der Waals surface area (Å²) >= 11 is 7.53. The molecule has 0 aliphatic heterocycles. The van der Waals surface area contributed by atoms with Crippen LogP contribution in [0.25, 0.3) is 0 Å². The molecule has 0 atom stereocenters. The molecule has 0 fully saturated rings. The standard InChI is InChI=1S/C13H14ClN3OS/c1-8-3-4-10(5-11(8)14)16-12-9(7-18)6-15-13(17-12)19-2/h3-6,18H,7H2,1-2H3,(H,15,16,17). The zero-order valence-electron chi connectivity index (χ0n) is 10.6. The minimum absolute atomic E-state index is 0.114. The van der Waals surface area contributed by atoms with Crippen LogP contribution < -0.4 is 5.32 Å². The van der Waals surface area contributed by atoms with Gasteiger partial charge in [-0.1, -0.05) is 29.4 Å². The van der Waals surface area contributed by atoms with Gasteiger partial charge in [0.25, 0.3) is 0 Å². The normalized spacial score (nSPS) is 10.5. The lowest BCUT2D eigenvalue weighted by molar-refractivity contribution is 0.281. The minimum atomic E-state index is -0.114. The number of halogens is 1. The lowest BCUT2D eigenvalue weighted by atomic mass is 10.2. The van der Waals surface area contributed by atoms with Crippen LogP contribution in [0.3, 0.4) is 0 Å². The minimum Gasteiger partial charge on any atom is -0.391 e. The van der Waals surface area contributed by atoms with Gasteiger partial charge in [0.1, 0.15) is 5.82 Å². The fraction of sp³-hybridized carbons (Fsp3) is 0.231. The molecule has 100 valence electrons. The monoisotopic (exact) mass is 295 g/mol. The molecule has 4 nitrogen and oxygen atoms in total. The van der Waals surface area contributed by atoms with Crippen molar-refractivity contribution in [3.8, 4) is 0 Å². The van der Waals surface area contributed by atoms with Crippen molar-refractivity contribution in [3.05, 3.63) is 40.5 Å². The van der Waals surface area contributed by atoms with E-state index in [-0.39, 0.29) is 6.61 Å². The number of benzene rings is 1. The Morgan fingerprint density at radius 2 is 2.21 bits per heavy atom. The Labute approximate surface area is 121 Å². The molecule has 2 N–H and O–H groups in total. The van der Waals surface area contributed by atoms with Crippen LogP contribution in [-0.2, 0) is 6.61 Å². The molecule has 2 aromatic rings. The predicted molar refractivity (Wildman–Crippen MR) is 79.2 cm³/mol. The zero-order valence-corrected chi connectivity index (χ0v) is 12.2. The Morgan fingerprint density at radius 3 is 2.84 bits per heavy atom. The molecule has 0 saturated carbocycles. The summed E-state index contributed by atoms with van der Waals surface area (Å²) in [6, 6.07) is 5.68. The highest BCUT2D eigenvalue weighted by Crippen LogP contribution is 2.25. The van der Waals surface area contributed by atoms with E-state index in [9.17, 15) is 5.11 Å². The van der Waals surface area contributed by atoms with Crippen LogP contribution in [0.2, 0.25) is 5.02 Å². The van der Waals surface area contributed by atoms with Crippen LogP contribution in [0.4, 0.5) is 11.5 Å². The van der Waals surface area contributed by atoms with Gasteiger partial charge in [-0.25, -0.2) is 9.97 Å². The Balaban J connectivity index is 2.33. The van der Waals surface area contributed by atoms with Gasteiger partial charge in [-0.3, -0.25) is 0 Å². The van der Waals surface area contributed by atoms with Crippen molar-refractivity contribution < 1.29 is 5.11 Å². The number of rotatable bonds is 4. The largest absolute Gasteiger partial charge is 0.391 e. The first-order valence-electron chi connectivity index (χ1n) is 5.68. The summed E-state index contributed by atoms with van der Waals surface area (Å²) in [5.41, 5.74) is 2.49. The molecule has 0 aliphatic rings. The summed E-state index contributed by atoms with van der Waals surface area (Å²) in [7, 11) is 0. The number of nitrogens with one attached hydrogen (secondary N) is 1. The van der Waals surface area contributed by atoms with E-state index in [1.165, 1.54) is 11.8 Å². The highest BCUT2D eigenvalue weighted by molar-refractivity contribution is 7.98. The third-order valence-corrected chi connectivity index (χ3v) is 3.60. The smallest absolute Gasteiger partial charge is 0.189 e. The van der Waals surface area contributed by atoms with E-state index in [4.69, 9.17) is 11.6 Å². The molecule has 0 spiro atoms. The van der Waals surface area contributed by atoms with Gasteiger partial charge < -0.3 is 10.4 Å². The first kappa shape index (κ1) is 14.1. The van der Waals surface area contributed by atoms with Crippen LogP contribution in [0, 0.1) is 6.92 Å². The van der Waals surface area contributed by atoms with Gasteiger partial charge in [-0.2, -0.15) is 0 Å². The number of hydrogen-bond donors (Lipinski definition) is 2. The molecule has 0 saturated heterocycles. The molecule has 6 heteroatoms. The molecule has 0 aliphatic carbocycles. The van der Waals surface area contributed by atoms with E-state index in [0.29, 0.717) is 21.6 Å². The maximum absolute atomic E-state index is 9.31. The van der Waals surface area contributed by atoms with Gasteiger partial charge in [0, 0.05) is 22.5 Å². The first-order chi connectivity index (χ1) is 9.13. The summed E-state index contributed by atoms with van der Waals surface area (Å²) in [4.78, 5) is 8.47. The van der Waals surface area contributed by atoms with Crippen LogP contribution in [-0.4, -0.2) is 21.3 Å². The maximum Gasteiger partial charge on any atom is 0.189 e. The SMILES string of the molecule is CSc1ncc(CO)c(Nc2ccc(C)c(Cl)c2)n1. The van der Waals surface area contributed by atoms with Crippen molar-refractivity contribution in [2.24, 2.45) is 0 Å². The average Bonchev–Trinajstić information content (AvgIpc) is 2.43. The van der Waals surface area contributed by atoms with Gasteiger partial charge >= 0.3 is 0 Å². The number of nitrogens with zero attached hydrogens (tertiary/aromatic N) is 2. The molecule has 1 aromatic heterocycles. The number of thioether (sulfide) groups is 1. The zero-order chi connectivity index (χ0) is 13.8. The Kier molecular flexibility index (Phi) is 4.63. The summed E-state index contributed by atoms with van der Waals surface area (Å²) in [5.74, 6) is 0.599. The second-order valence-corrected chi connectivity index (χ2v) is 5.16. The van der Waals surface area contributed by atoms with Gasteiger partial charge in [0.15, 0.2) is 5.16 Å². The van der Waals surface area contributed by atoms with E-state index < -0.39 is 0 Å². The maximum atomic E-state index is 9.31. The second kappa shape index (κ2) is 6.23. The highest BCUT2D eigenvalue weighted by atomic mass is 35.5. The molecule has 0 unspecified atom stereocenters. The quantitative estimate of drug-likeness (QED) is 0.669. The topological polar surface area (TPSA) is 58.0 Å². The molecule has 0 amide bonds. The lowest BCUT2D eigenvalue weighted by Gasteiger charge is -2.11. The Morgan fingerprint density at radius 1 is 1.42 bits per heavy atom. The van der Waals surface area contributed by atoms with Crippen molar-refractivity contribution >= 4 is 34.9 Å². The molecule has 1 aromatic carbocycles. The van der Waals surface area contributed by atoms with Gasteiger partial charge in [0.05, 0.1) is 6.61 Å². The Bertz CT molecular complexity index is 592. The number of anilines is 2. The van der Waals surface area contributed by atoms with E-state index in [2.05, 4.69) is 15.3 Å². The average molecular weight is 296 g/mol. The van der Waals surface area contributed by atoms with E-state index >= 15 is 0 Å². The summed E-state index contributed by atoms with van der Waals surface area (Å²) < 4.78 is 0. The lowest BCUT2D eigenvalue weighted by Crippen LogP contribution is -2.02. The molecule has 0 radical (unpaired) electrons. The second-order valence-electron chi connectivity index (χ2n) is 3.98. The fourth-order valence-corrected chi connectivity index (χ4v) is 2.04. The fourth-order valence-electron chi connectivity index (χ4n) is 1.52. The number of aliphatic hydroxyl groups is 1. The van der Waals surface area contributed by atoms with Crippen molar-refractivity contribution in [2.45, 2.75) is 18.7 Å². The third kappa shape index (κ3) is 3.37. The molecule has 0 bridgehead atoms. The van der Waals surface area contributed by atoms with Crippen LogP contribution in [0.15, 0.2) is 29.6 Å². The van der Waals surface area contributed by atoms with Crippen molar-refractivity contribution in [3.63, 3.8) is 0 Å². The number of aliphatic hydroxyl groups excluding tert-OH is 1. The van der Waals surface area contributed by atoms with Crippen molar-refractivity contribution in [1.29, 1.82) is 0 Å². The van der Waals surface area contributed by atoms with E-state index in [1.807, 2.05) is 31.4 Å². The van der Waals surface area contributed by atoms with Crippen molar-refractivity contribution in [2.75, 3.05) is 11.6 Å². The summed E-state index contributed by atoms with van der Waals surface area (Å²) in [6.45, 7) is 1.83. The number of hydrogen-bond acceptors (Lipinski definition) is 5.